The highest BCUT2D eigenvalue weighted by Crippen LogP contribution is 2.44. The van der Waals surface area contributed by atoms with E-state index >= 15 is 0 Å². The number of ether oxygens (including phenoxy) is 2. The summed E-state index contributed by atoms with van der Waals surface area (Å²) in [6.45, 7) is 2.17. The number of methoxy groups -OCH3 is 2. The van der Waals surface area contributed by atoms with E-state index in [0.717, 1.165) is 42.5 Å². The molecule has 0 unspecified atom stereocenters. The number of hydrogen-bond acceptors (Lipinski definition) is 5. The molecule has 0 radical (unpaired) electrons. The highest BCUT2D eigenvalue weighted by Gasteiger charge is 2.43. The number of aliphatic carboxylic acids is 1. The Bertz CT molecular complexity index is 825. The van der Waals surface area contributed by atoms with Crippen LogP contribution in [0.25, 0.3) is 11.0 Å². The van der Waals surface area contributed by atoms with E-state index in [2.05, 4.69) is 4.90 Å². The van der Waals surface area contributed by atoms with Gasteiger partial charge in [0.25, 0.3) is 0 Å². The number of likely N-dealkylation sites (tertiary alicyclic amines) is 1. The number of para-hydroxylation sites is 1. The Morgan fingerprint density at radius 3 is 2.50 bits per heavy atom. The van der Waals surface area contributed by atoms with Crippen LogP contribution in [0.4, 0.5) is 0 Å². The van der Waals surface area contributed by atoms with Gasteiger partial charge in [-0.15, -0.1) is 0 Å². The first-order valence-corrected chi connectivity index (χ1v) is 10.1. The van der Waals surface area contributed by atoms with Gasteiger partial charge in [0.1, 0.15) is 17.8 Å². The summed E-state index contributed by atoms with van der Waals surface area (Å²) >= 11 is 0. The van der Waals surface area contributed by atoms with Gasteiger partial charge in [0, 0.05) is 37.1 Å². The van der Waals surface area contributed by atoms with Gasteiger partial charge in [-0.1, -0.05) is 18.2 Å². The van der Waals surface area contributed by atoms with Crippen LogP contribution in [0.5, 0.6) is 0 Å². The predicted octanol–water partition coefficient (Wildman–Crippen LogP) is 3.43. The molecule has 28 heavy (non-hydrogen) atoms. The van der Waals surface area contributed by atoms with Gasteiger partial charge in [-0.2, -0.15) is 0 Å². The van der Waals surface area contributed by atoms with E-state index < -0.39 is 5.97 Å². The molecule has 0 spiro atoms. The molecule has 4 atom stereocenters. The summed E-state index contributed by atoms with van der Waals surface area (Å²) in [5.74, 6) is -0.132. The number of carboxylic acids is 1. The maximum Gasteiger partial charge on any atom is 0.311 e. The SMILES string of the molecule is CO[C@H]1C[C@@H](N2CCCC2)[C@H](c2c(CC(=O)O)oc3ccccc23)C[C@H]1OC. The highest BCUT2D eigenvalue weighted by molar-refractivity contribution is 5.84. The van der Waals surface area contributed by atoms with E-state index in [9.17, 15) is 9.90 Å². The molecule has 2 aliphatic rings. The third kappa shape index (κ3) is 3.56. The number of nitrogens with zero attached hydrogens (tertiary/aromatic N) is 1. The number of furan rings is 1. The molecule has 1 saturated heterocycles. The molecule has 1 saturated carbocycles. The lowest BCUT2D eigenvalue weighted by molar-refractivity contribution is -0.136. The van der Waals surface area contributed by atoms with Gasteiger partial charge >= 0.3 is 5.97 Å². The Morgan fingerprint density at radius 2 is 1.82 bits per heavy atom. The van der Waals surface area contributed by atoms with Gasteiger partial charge in [-0.25, -0.2) is 0 Å². The monoisotopic (exact) mass is 387 g/mol. The zero-order valence-corrected chi connectivity index (χ0v) is 16.6. The van der Waals surface area contributed by atoms with Crippen molar-refractivity contribution in [1.82, 2.24) is 4.90 Å². The third-order valence-corrected chi connectivity index (χ3v) is 6.45. The average Bonchev–Trinajstić information content (AvgIpc) is 3.34. The molecular weight excluding hydrogens is 358 g/mol. The lowest BCUT2D eigenvalue weighted by Gasteiger charge is -2.44. The van der Waals surface area contributed by atoms with Crippen molar-refractivity contribution in [2.45, 2.75) is 56.3 Å². The van der Waals surface area contributed by atoms with Crippen LogP contribution in [-0.2, 0) is 20.7 Å². The molecule has 2 heterocycles. The Hall–Kier alpha value is -1.89. The van der Waals surface area contributed by atoms with E-state index in [-0.39, 0.29) is 24.5 Å². The Kier molecular flexibility index (Phi) is 5.71. The lowest BCUT2D eigenvalue weighted by Crippen LogP contribution is -2.49. The van der Waals surface area contributed by atoms with Crippen LogP contribution in [0.2, 0.25) is 0 Å². The van der Waals surface area contributed by atoms with Crippen molar-refractivity contribution in [3.8, 4) is 0 Å². The second-order valence-electron chi connectivity index (χ2n) is 7.94. The number of fused-ring (bicyclic) bond motifs is 1. The molecule has 1 N–H and O–H groups in total. The maximum atomic E-state index is 11.5. The summed E-state index contributed by atoms with van der Waals surface area (Å²) in [6, 6.07) is 8.19. The number of carboxylic acid groups (broad SMARTS) is 1. The third-order valence-electron chi connectivity index (χ3n) is 6.45. The quantitative estimate of drug-likeness (QED) is 0.819. The van der Waals surface area contributed by atoms with Crippen molar-refractivity contribution in [2.24, 2.45) is 0 Å². The van der Waals surface area contributed by atoms with E-state index in [4.69, 9.17) is 13.9 Å². The summed E-state index contributed by atoms with van der Waals surface area (Å²) in [5.41, 5.74) is 1.81. The predicted molar refractivity (Wildman–Crippen MR) is 106 cm³/mol. The maximum absolute atomic E-state index is 11.5. The molecule has 1 aromatic heterocycles. The standard InChI is InChI=1S/C22H29NO5/c1-26-18-11-15(16(12-19(18)27-2)23-9-5-6-10-23)22-14-7-3-4-8-17(14)28-20(22)13-21(24)25/h3-4,7-8,15-16,18-19H,5-6,9-13H2,1-2H3,(H,24,25)/t15-,16-,18-,19+/m1/s1. The van der Waals surface area contributed by atoms with Crippen molar-refractivity contribution < 1.29 is 23.8 Å². The van der Waals surface area contributed by atoms with Crippen LogP contribution >= 0.6 is 0 Å². The molecule has 0 bridgehead atoms. The van der Waals surface area contributed by atoms with Crippen molar-refractivity contribution in [1.29, 1.82) is 0 Å². The summed E-state index contributed by atoms with van der Waals surface area (Å²) in [6.07, 6.45) is 4.04. The van der Waals surface area contributed by atoms with Crippen LogP contribution in [0.3, 0.4) is 0 Å². The van der Waals surface area contributed by atoms with Crippen LogP contribution < -0.4 is 0 Å². The molecule has 4 rings (SSSR count). The smallest absolute Gasteiger partial charge is 0.311 e. The van der Waals surface area contributed by atoms with Gasteiger partial charge in [0.2, 0.25) is 0 Å². The van der Waals surface area contributed by atoms with Crippen molar-refractivity contribution in [3.63, 3.8) is 0 Å². The van der Waals surface area contributed by atoms with Crippen LogP contribution in [0, 0.1) is 0 Å². The number of benzene rings is 1. The van der Waals surface area contributed by atoms with E-state index in [1.807, 2.05) is 24.3 Å². The zero-order chi connectivity index (χ0) is 19.7. The topological polar surface area (TPSA) is 72.1 Å². The first-order valence-electron chi connectivity index (χ1n) is 10.1. The van der Waals surface area contributed by atoms with E-state index in [1.165, 1.54) is 12.8 Å². The summed E-state index contributed by atoms with van der Waals surface area (Å²) in [4.78, 5) is 14.1. The minimum atomic E-state index is -0.869. The molecule has 2 fully saturated rings. The van der Waals surface area contributed by atoms with Gasteiger partial charge in [-0.3, -0.25) is 9.69 Å². The number of rotatable bonds is 6. The van der Waals surface area contributed by atoms with E-state index in [0.29, 0.717) is 11.8 Å². The molecule has 1 aliphatic heterocycles. The van der Waals surface area contributed by atoms with Gasteiger partial charge in [0.15, 0.2) is 0 Å². The first-order chi connectivity index (χ1) is 13.6. The second-order valence-corrected chi connectivity index (χ2v) is 7.94. The van der Waals surface area contributed by atoms with Gasteiger partial charge in [-0.05, 0) is 44.8 Å². The van der Waals surface area contributed by atoms with Crippen LogP contribution in [0.15, 0.2) is 28.7 Å². The van der Waals surface area contributed by atoms with Gasteiger partial charge in [0.05, 0.1) is 12.2 Å². The zero-order valence-electron chi connectivity index (χ0n) is 16.6. The molecular formula is C22H29NO5. The fraction of sp³-hybridized carbons (Fsp3) is 0.591. The minimum Gasteiger partial charge on any atom is -0.481 e. The molecule has 1 aromatic carbocycles. The molecule has 6 heteroatoms. The van der Waals surface area contributed by atoms with Crippen LogP contribution in [-0.4, -0.2) is 61.5 Å². The fourth-order valence-corrected chi connectivity index (χ4v) is 5.19. The van der Waals surface area contributed by atoms with Gasteiger partial charge < -0.3 is 19.0 Å². The highest BCUT2D eigenvalue weighted by atomic mass is 16.5. The molecule has 6 nitrogen and oxygen atoms in total. The Morgan fingerprint density at radius 1 is 1.14 bits per heavy atom. The molecule has 0 amide bonds. The largest absolute Gasteiger partial charge is 0.481 e. The number of carbonyl (C=O) groups is 1. The minimum absolute atomic E-state index is 0.0137. The molecule has 152 valence electrons. The summed E-state index contributed by atoms with van der Waals surface area (Å²) in [7, 11) is 3.48. The van der Waals surface area contributed by atoms with Crippen molar-refractivity contribution in [3.05, 3.63) is 35.6 Å². The molecule has 1 aliphatic carbocycles. The van der Waals surface area contributed by atoms with Crippen molar-refractivity contribution in [2.75, 3.05) is 27.3 Å². The van der Waals surface area contributed by atoms with E-state index in [1.54, 1.807) is 14.2 Å². The second kappa shape index (κ2) is 8.23. The Labute approximate surface area is 165 Å². The summed E-state index contributed by atoms with van der Waals surface area (Å²) in [5, 5.41) is 10.5. The fourth-order valence-electron chi connectivity index (χ4n) is 5.19. The Balaban J connectivity index is 1.80. The summed E-state index contributed by atoms with van der Waals surface area (Å²) < 4.78 is 17.6. The average molecular weight is 387 g/mol. The molecule has 2 aromatic rings. The number of hydrogen-bond donors (Lipinski definition) is 1. The van der Waals surface area contributed by atoms with Crippen molar-refractivity contribution >= 4 is 16.9 Å². The first kappa shape index (κ1) is 19.4. The normalized spacial score (nSPS) is 28.8. The lowest BCUT2D eigenvalue weighted by atomic mass is 9.75. The van der Waals surface area contributed by atoms with Crippen LogP contribution in [0.1, 0.15) is 42.9 Å².